The number of carboxylic acids is 1. The van der Waals surface area contributed by atoms with E-state index < -0.39 is 5.97 Å². The SMILES string of the molecule is CCNC(C(=O)O)C1CCN(CC)C1. The number of aliphatic carboxylic acids is 1. The fraction of sp³-hybridized carbons (Fsp3) is 0.900. The Kier molecular flexibility index (Phi) is 4.35. The number of rotatable bonds is 5. The quantitative estimate of drug-likeness (QED) is 0.674. The number of carbonyl (C=O) groups is 1. The van der Waals surface area contributed by atoms with Gasteiger partial charge in [-0.3, -0.25) is 4.79 Å². The number of carboxylic acid groups (broad SMARTS) is 1. The third-order valence-electron chi connectivity index (χ3n) is 2.92. The minimum atomic E-state index is -0.713. The Bertz CT molecular complexity index is 197. The molecule has 0 aliphatic carbocycles. The van der Waals surface area contributed by atoms with Crippen LogP contribution in [-0.4, -0.2) is 48.2 Å². The summed E-state index contributed by atoms with van der Waals surface area (Å²) in [4.78, 5) is 13.3. The lowest BCUT2D eigenvalue weighted by Crippen LogP contribution is -2.43. The Morgan fingerprint density at radius 1 is 1.64 bits per heavy atom. The predicted molar refractivity (Wildman–Crippen MR) is 55.3 cm³/mol. The average Bonchev–Trinajstić information content (AvgIpc) is 2.61. The van der Waals surface area contributed by atoms with Gasteiger partial charge in [-0.25, -0.2) is 0 Å². The van der Waals surface area contributed by atoms with Crippen molar-refractivity contribution in [2.75, 3.05) is 26.2 Å². The second kappa shape index (κ2) is 5.32. The Hall–Kier alpha value is -0.610. The van der Waals surface area contributed by atoms with Crippen molar-refractivity contribution in [2.24, 2.45) is 5.92 Å². The molecule has 0 spiro atoms. The van der Waals surface area contributed by atoms with Crippen LogP contribution in [0.25, 0.3) is 0 Å². The van der Waals surface area contributed by atoms with Crippen LogP contribution in [0.5, 0.6) is 0 Å². The van der Waals surface area contributed by atoms with Gasteiger partial charge in [-0.05, 0) is 32.0 Å². The fourth-order valence-corrected chi connectivity index (χ4v) is 2.10. The third-order valence-corrected chi connectivity index (χ3v) is 2.92. The molecule has 1 aliphatic heterocycles. The zero-order chi connectivity index (χ0) is 10.6. The topological polar surface area (TPSA) is 52.6 Å². The van der Waals surface area contributed by atoms with E-state index >= 15 is 0 Å². The molecule has 1 aliphatic rings. The van der Waals surface area contributed by atoms with Crippen LogP contribution in [0.4, 0.5) is 0 Å². The van der Waals surface area contributed by atoms with Crippen LogP contribution < -0.4 is 5.32 Å². The smallest absolute Gasteiger partial charge is 0.321 e. The highest BCUT2D eigenvalue weighted by Crippen LogP contribution is 2.19. The van der Waals surface area contributed by atoms with Crippen LogP contribution in [0.15, 0.2) is 0 Å². The maximum Gasteiger partial charge on any atom is 0.321 e. The first kappa shape index (κ1) is 11.5. The minimum absolute atomic E-state index is 0.271. The van der Waals surface area contributed by atoms with E-state index in [1.165, 1.54) is 0 Å². The number of hydrogen-bond donors (Lipinski definition) is 2. The first-order valence-corrected chi connectivity index (χ1v) is 5.37. The molecule has 4 nitrogen and oxygen atoms in total. The van der Waals surface area contributed by atoms with Crippen LogP contribution in [0.2, 0.25) is 0 Å². The zero-order valence-electron chi connectivity index (χ0n) is 8.99. The van der Waals surface area contributed by atoms with Gasteiger partial charge < -0.3 is 15.3 Å². The van der Waals surface area contributed by atoms with Crippen molar-refractivity contribution in [1.82, 2.24) is 10.2 Å². The van der Waals surface area contributed by atoms with Crippen LogP contribution in [0.1, 0.15) is 20.3 Å². The van der Waals surface area contributed by atoms with Gasteiger partial charge in [-0.2, -0.15) is 0 Å². The number of nitrogens with one attached hydrogen (secondary N) is 1. The van der Waals surface area contributed by atoms with Gasteiger partial charge in [0.1, 0.15) is 6.04 Å². The summed E-state index contributed by atoms with van der Waals surface area (Å²) >= 11 is 0. The largest absolute Gasteiger partial charge is 0.480 e. The first-order chi connectivity index (χ1) is 6.69. The molecule has 14 heavy (non-hydrogen) atoms. The van der Waals surface area contributed by atoms with Crippen molar-refractivity contribution in [3.63, 3.8) is 0 Å². The number of likely N-dealkylation sites (N-methyl/N-ethyl adjacent to an activating group) is 1. The number of likely N-dealkylation sites (tertiary alicyclic amines) is 1. The van der Waals surface area contributed by atoms with Gasteiger partial charge in [-0.1, -0.05) is 13.8 Å². The van der Waals surface area contributed by atoms with Gasteiger partial charge in [0.05, 0.1) is 0 Å². The average molecular weight is 200 g/mol. The van der Waals surface area contributed by atoms with Crippen LogP contribution in [0.3, 0.4) is 0 Å². The lowest BCUT2D eigenvalue weighted by molar-refractivity contribution is -0.140. The van der Waals surface area contributed by atoms with Crippen LogP contribution in [0, 0.1) is 5.92 Å². The summed E-state index contributed by atoms with van der Waals surface area (Å²) in [6.07, 6.45) is 0.998. The molecule has 0 aromatic rings. The molecule has 2 unspecified atom stereocenters. The van der Waals surface area contributed by atoms with Crippen molar-refractivity contribution in [3.05, 3.63) is 0 Å². The van der Waals surface area contributed by atoms with Crippen molar-refractivity contribution >= 4 is 5.97 Å². The number of hydrogen-bond acceptors (Lipinski definition) is 3. The van der Waals surface area contributed by atoms with Gasteiger partial charge in [0, 0.05) is 6.54 Å². The van der Waals surface area contributed by atoms with Gasteiger partial charge in [0.2, 0.25) is 0 Å². The molecule has 1 fully saturated rings. The van der Waals surface area contributed by atoms with Gasteiger partial charge in [0.25, 0.3) is 0 Å². The molecule has 82 valence electrons. The van der Waals surface area contributed by atoms with E-state index in [0.29, 0.717) is 0 Å². The second-order valence-electron chi connectivity index (χ2n) is 3.82. The molecule has 0 saturated carbocycles. The lowest BCUT2D eigenvalue weighted by Gasteiger charge is -2.20. The fourth-order valence-electron chi connectivity index (χ4n) is 2.10. The van der Waals surface area contributed by atoms with Crippen molar-refractivity contribution in [3.8, 4) is 0 Å². The summed E-state index contributed by atoms with van der Waals surface area (Å²) in [6, 6.07) is -0.364. The van der Waals surface area contributed by atoms with E-state index in [2.05, 4.69) is 17.1 Å². The molecular formula is C10H20N2O2. The van der Waals surface area contributed by atoms with E-state index in [4.69, 9.17) is 5.11 Å². The molecular weight excluding hydrogens is 180 g/mol. The Morgan fingerprint density at radius 2 is 2.36 bits per heavy atom. The van der Waals surface area contributed by atoms with Crippen molar-refractivity contribution in [2.45, 2.75) is 26.3 Å². The maximum absolute atomic E-state index is 11.0. The molecule has 0 amide bonds. The van der Waals surface area contributed by atoms with Crippen molar-refractivity contribution < 1.29 is 9.90 Å². The molecule has 1 saturated heterocycles. The monoisotopic (exact) mass is 200 g/mol. The normalized spacial score (nSPS) is 25.1. The Labute approximate surface area is 85.3 Å². The Balaban J connectivity index is 2.48. The third kappa shape index (κ3) is 2.69. The second-order valence-corrected chi connectivity index (χ2v) is 3.82. The summed E-state index contributed by atoms with van der Waals surface area (Å²) in [7, 11) is 0. The molecule has 2 atom stereocenters. The Morgan fingerprint density at radius 3 is 2.79 bits per heavy atom. The lowest BCUT2D eigenvalue weighted by atomic mass is 9.99. The first-order valence-electron chi connectivity index (χ1n) is 5.37. The van der Waals surface area contributed by atoms with E-state index in [1.54, 1.807) is 0 Å². The van der Waals surface area contributed by atoms with E-state index in [0.717, 1.165) is 32.6 Å². The molecule has 1 rings (SSSR count). The highest BCUT2D eigenvalue weighted by atomic mass is 16.4. The number of nitrogens with zero attached hydrogens (tertiary/aromatic N) is 1. The summed E-state index contributed by atoms with van der Waals surface area (Å²) < 4.78 is 0. The van der Waals surface area contributed by atoms with Crippen molar-refractivity contribution in [1.29, 1.82) is 0 Å². The minimum Gasteiger partial charge on any atom is -0.480 e. The molecule has 2 N–H and O–H groups in total. The molecule has 1 heterocycles. The van der Waals surface area contributed by atoms with Gasteiger partial charge in [0.15, 0.2) is 0 Å². The maximum atomic E-state index is 11.0. The van der Waals surface area contributed by atoms with E-state index in [1.807, 2.05) is 6.92 Å². The molecule has 4 heteroatoms. The predicted octanol–water partition coefficient (Wildman–Crippen LogP) is 0.391. The summed E-state index contributed by atoms with van der Waals surface area (Å²) in [5.74, 6) is -0.442. The standard InChI is InChI=1S/C10H20N2O2/c1-3-11-9(10(13)14)8-5-6-12(4-2)7-8/h8-9,11H,3-7H2,1-2H3,(H,13,14). The zero-order valence-corrected chi connectivity index (χ0v) is 8.99. The summed E-state index contributed by atoms with van der Waals surface area (Å²) in [5, 5.41) is 12.1. The van der Waals surface area contributed by atoms with E-state index in [-0.39, 0.29) is 12.0 Å². The summed E-state index contributed by atoms with van der Waals surface area (Å²) in [5.41, 5.74) is 0. The van der Waals surface area contributed by atoms with E-state index in [9.17, 15) is 4.79 Å². The molecule has 0 aromatic carbocycles. The highest BCUT2D eigenvalue weighted by molar-refractivity contribution is 5.74. The van der Waals surface area contributed by atoms with Crippen LogP contribution in [-0.2, 0) is 4.79 Å². The van der Waals surface area contributed by atoms with Gasteiger partial charge in [-0.15, -0.1) is 0 Å². The molecule has 0 radical (unpaired) electrons. The summed E-state index contributed by atoms with van der Waals surface area (Å²) in [6.45, 7) is 7.76. The van der Waals surface area contributed by atoms with Crippen LogP contribution >= 0.6 is 0 Å². The molecule has 0 bridgehead atoms. The molecule has 0 aromatic heterocycles. The van der Waals surface area contributed by atoms with Gasteiger partial charge >= 0.3 is 5.97 Å². The highest BCUT2D eigenvalue weighted by Gasteiger charge is 2.32.